The molecule has 4 nitrogen and oxygen atoms in total. The largest absolute Gasteiger partial charge is 0.354 e. The van der Waals surface area contributed by atoms with Crippen LogP contribution in [-0.4, -0.2) is 22.2 Å². The Morgan fingerprint density at radius 3 is 3.12 bits per heavy atom. The van der Waals surface area contributed by atoms with E-state index in [9.17, 15) is 4.79 Å². The fraction of sp³-hybridized carbons (Fsp3) is 0.273. The van der Waals surface area contributed by atoms with E-state index in [1.54, 1.807) is 11.3 Å². The molecule has 84 valence electrons. The lowest BCUT2D eigenvalue weighted by molar-refractivity contribution is -0.118. The summed E-state index contributed by atoms with van der Waals surface area (Å²) in [6, 6.07) is 4.03. The highest BCUT2D eigenvalue weighted by Gasteiger charge is 2.02. The second-order valence-corrected chi connectivity index (χ2v) is 4.24. The molecule has 1 amide bonds. The predicted molar refractivity (Wildman–Crippen MR) is 64.2 cm³/mol. The molecule has 0 aliphatic rings. The third-order valence-corrected chi connectivity index (χ3v) is 2.86. The third kappa shape index (κ3) is 2.70. The number of nitrogens with one attached hydrogen (secondary N) is 1. The summed E-state index contributed by atoms with van der Waals surface area (Å²) in [6.45, 7) is 2.82. The van der Waals surface area contributed by atoms with E-state index in [0.717, 1.165) is 11.3 Å². The Hall–Kier alpha value is -1.62. The maximum Gasteiger partial charge on any atom is 0.216 e. The number of aromatic nitrogens is 2. The highest BCUT2D eigenvalue weighted by Crippen LogP contribution is 2.19. The molecule has 16 heavy (non-hydrogen) atoms. The zero-order valence-electron chi connectivity index (χ0n) is 9.01. The quantitative estimate of drug-likeness (QED) is 0.877. The van der Waals surface area contributed by atoms with Crippen molar-refractivity contribution >= 4 is 17.2 Å². The lowest BCUT2D eigenvalue weighted by Crippen LogP contribution is -2.24. The first-order valence-electron chi connectivity index (χ1n) is 5.06. The minimum absolute atomic E-state index is 0.00906. The van der Waals surface area contributed by atoms with Crippen LogP contribution in [0, 0.1) is 0 Å². The van der Waals surface area contributed by atoms with E-state index in [2.05, 4.69) is 15.8 Å². The van der Waals surface area contributed by atoms with Crippen LogP contribution < -0.4 is 5.32 Å². The SMILES string of the molecule is CC(=O)NCCn1ccc(-c2ccsc2)n1. The number of rotatable bonds is 4. The summed E-state index contributed by atoms with van der Waals surface area (Å²) in [4.78, 5) is 10.7. The molecule has 1 N–H and O–H groups in total. The van der Waals surface area contributed by atoms with Crippen LogP contribution in [0.4, 0.5) is 0 Å². The molecule has 0 atom stereocenters. The Morgan fingerprint density at radius 1 is 1.56 bits per heavy atom. The van der Waals surface area contributed by atoms with Crippen molar-refractivity contribution in [2.75, 3.05) is 6.54 Å². The molecule has 0 radical (unpaired) electrons. The van der Waals surface area contributed by atoms with Gasteiger partial charge in [0.15, 0.2) is 0 Å². The van der Waals surface area contributed by atoms with Crippen LogP contribution in [0.15, 0.2) is 29.1 Å². The Kier molecular flexibility index (Phi) is 3.36. The molecule has 0 aliphatic heterocycles. The molecule has 2 rings (SSSR count). The van der Waals surface area contributed by atoms with E-state index in [-0.39, 0.29) is 5.91 Å². The van der Waals surface area contributed by atoms with E-state index < -0.39 is 0 Å². The molecule has 2 aromatic rings. The fourth-order valence-corrected chi connectivity index (χ4v) is 2.05. The molecule has 0 saturated carbocycles. The first kappa shape index (κ1) is 10.9. The first-order chi connectivity index (χ1) is 7.75. The molecule has 2 heterocycles. The lowest BCUT2D eigenvalue weighted by atomic mass is 10.2. The number of hydrogen-bond donors (Lipinski definition) is 1. The van der Waals surface area contributed by atoms with Gasteiger partial charge in [0, 0.05) is 30.6 Å². The van der Waals surface area contributed by atoms with Gasteiger partial charge in [0.25, 0.3) is 0 Å². The Labute approximate surface area is 97.9 Å². The van der Waals surface area contributed by atoms with Gasteiger partial charge in [-0.2, -0.15) is 16.4 Å². The van der Waals surface area contributed by atoms with Crippen molar-refractivity contribution in [2.45, 2.75) is 13.5 Å². The van der Waals surface area contributed by atoms with E-state index in [1.807, 2.05) is 28.4 Å². The van der Waals surface area contributed by atoms with E-state index >= 15 is 0 Å². The molecule has 5 heteroatoms. The summed E-state index contributed by atoms with van der Waals surface area (Å²) in [5, 5.41) is 11.3. The average molecular weight is 235 g/mol. The molecule has 0 spiro atoms. The van der Waals surface area contributed by atoms with E-state index in [4.69, 9.17) is 0 Å². The van der Waals surface area contributed by atoms with Gasteiger partial charge in [-0.05, 0) is 17.5 Å². The number of carbonyl (C=O) groups excluding carboxylic acids is 1. The topological polar surface area (TPSA) is 46.9 Å². The summed E-state index contributed by atoms with van der Waals surface area (Å²) in [7, 11) is 0. The second kappa shape index (κ2) is 4.94. The van der Waals surface area contributed by atoms with Crippen LogP contribution in [0.1, 0.15) is 6.92 Å². The third-order valence-electron chi connectivity index (χ3n) is 2.17. The maximum absolute atomic E-state index is 10.7. The van der Waals surface area contributed by atoms with Gasteiger partial charge in [0.1, 0.15) is 0 Å². The minimum atomic E-state index is -0.00906. The van der Waals surface area contributed by atoms with Crippen molar-refractivity contribution in [1.29, 1.82) is 0 Å². The molecule has 0 aliphatic carbocycles. The molecule has 2 aromatic heterocycles. The number of nitrogens with zero attached hydrogens (tertiary/aromatic N) is 2. The second-order valence-electron chi connectivity index (χ2n) is 3.46. The van der Waals surface area contributed by atoms with Crippen LogP contribution in [0.5, 0.6) is 0 Å². The Morgan fingerprint density at radius 2 is 2.44 bits per heavy atom. The van der Waals surface area contributed by atoms with Gasteiger partial charge in [0.05, 0.1) is 12.2 Å². The summed E-state index contributed by atoms with van der Waals surface area (Å²) in [6.07, 6.45) is 1.93. The van der Waals surface area contributed by atoms with Crippen molar-refractivity contribution in [3.63, 3.8) is 0 Å². The van der Waals surface area contributed by atoms with Crippen molar-refractivity contribution in [3.8, 4) is 11.3 Å². The van der Waals surface area contributed by atoms with Gasteiger partial charge in [-0.3, -0.25) is 9.48 Å². The normalized spacial score (nSPS) is 10.3. The van der Waals surface area contributed by atoms with Gasteiger partial charge in [-0.1, -0.05) is 0 Å². The van der Waals surface area contributed by atoms with E-state index in [1.165, 1.54) is 6.92 Å². The predicted octanol–water partition coefficient (Wildman–Crippen LogP) is 1.75. The molecule has 0 aromatic carbocycles. The highest BCUT2D eigenvalue weighted by molar-refractivity contribution is 7.08. The number of amides is 1. The van der Waals surface area contributed by atoms with Crippen LogP contribution in [0.25, 0.3) is 11.3 Å². The lowest BCUT2D eigenvalue weighted by Gasteiger charge is -2.01. The molecule has 0 fully saturated rings. The number of hydrogen-bond acceptors (Lipinski definition) is 3. The smallest absolute Gasteiger partial charge is 0.216 e. The van der Waals surface area contributed by atoms with Crippen molar-refractivity contribution in [1.82, 2.24) is 15.1 Å². The molecule has 0 saturated heterocycles. The van der Waals surface area contributed by atoms with Gasteiger partial charge in [-0.15, -0.1) is 0 Å². The monoisotopic (exact) mass is 235 g/mol. The van der Waals surface area contributed by atoms with Crippen molar-refractivity contribution in [2.24, 2.45) is 0 Å². The molecule has 0 bridgehead atoms. The zero-order chi connectivity index (χ0) is 11.4. The number of thiophene rings is 1. The Balaban J connectivity index is 1.95. The van der Waals surface area contributed by atoms with Gasteiger partial charge in [0.2, 0.25) is 5.91 Å². The van der Waals surface area contributed by atoms with Crippen molar-refractivity contribution < 1.29 is 4.79 Å². The van der Waals surface area contributed by atoms with Crippen LogP contribution in [0.3, 0.4) is 0 Å². The van der Waals surface area contributed by atoms with E-state index in [0.29, 0.717) is 13.1 Å². The van der Waals surface area contributed by atoms with Crippen LogP contribution in [-0.2, 0) is 11.3 Å². The van der Waals surface area contributed by atoms with Crippen LogP contribution in [0.2, 0.25) is 0 Å². The zero-order valence-corrected chi connectivity index (χ0v) is 9.83. The van der Waals surface area contributed by atoms with Gasteiger partial charge < -0.3 is 5.32 Å². The van der Waals surface area contributed by atoms with Gasteiger partial charge in [-0.25, -0.2) is 0 Å². The Bertz CT molecular complexity index is 461. The maximum atomic E-state index is 10.7. The van der Waals surface area contributed by atoms with Gasteiger partial charge >= 0.3 is 0 Å². The van der Waals surface area contributed by atoms with Crippen molar-refractivity contribution in [3.05, 3.63) is 29.1 Å². The summed E-state index contributed by atoms with van der Waals surface area (Å²) < 4.78 is 1.84. The standard InChI is InChI=1S/C11H13N3OS/c1-9(15)12-4-6-14-5-2-11(13-14)10-3-7-16-8-10/h2-3,5,7-8H,4,6H2,1H3,(H,12,15). The summed E-state index contributed by atoms with van der Waals surface area (Å²) >= 11 is 1.66. The molecule has 0 unspecified atom stereocenters. The molecular weight excluding hydrogens is 222 g/mol. The first-order valence-corrected chi connectivity index (χ1v) is 6.00. The minimum Gasteiger partial charge on any atom is -0.354 e. The average Bonchev–Trinajstić information content (AvgIpc) is 2.85. The fourth-order valence-electron chi connectivity index (χ4n) is 1.40. The number of carbonyl (C=O) groups is 1. The molecular formula is C11H13N3OS. The van der Waals surface area contributed by atoms with Crippen LogP contribution >= 0.6 is 11.3 Å². The summed E-state index contributed by atoms with van der Waals surface area (Å²) in [5.41, 5.74) is 2.12. The highest BCUT2D eigenvalue weighted by atomic mass is 32.1. The summed E-state index contributed by atoms with van der Waals surface area (Å²) in [5.74, 6) is -0.00906.